The molecule has 0 saturated heterocycles. The van der Waals surface area contributed by atoms with E-state index in [0.29, 0.717) is 23.4 Å². The Labute approximate surface area is 139 Å². The van der Waals surface area contributed by atoms with Crippen LogP contribution in [0, 0.1) is 13.8 Å². The smallest absolute Gasteiger partial charge is 0.262 e. The number of nitrogens with zero attached hydrogens (tertiary/aromatic N) is 3. The van der Waals surface area contributed by atoms with Gasteiger partial charge in [-0.3, -0.25) is 9.36 Å². The van der Waals surface area contributed by atoms with Crippen LogP contribution in [0.4, 0.5) is 5.95 Å². The highest BCUT2D eigenvalue weighted by Gasteiger charge is 2.11. The normalized spacial score (nSPS) is 11.9. The van der Waals surface area contributed by atoms with Gasteiger partial charge in [-0.15, -0.1) is 0 Å². The van der Waals surface area contributed by atoms with Gasteiger partial charge in [-0.25, -0.2) is 10.4 Å². The number of para-hydroxylation sites is 1. The van der Waals surface area contributed by atoms with Crippen LogP contribution >= 0.6 is 0 Å². The van der Waals surface area contributed by atoms with Crippen LogP contribution < -0.4 is 11.0 Å². The number of benzene rings is 1. The molecule has 24 heavy (non-hydrogen) atoms. The summed E-state index contributed by atoms with van der Waals surface area (Å²) in [5.74, 6) is 2.08. The Morgan fingerprint density at radius 3 is 2.75 bits per heavy atom. The van der Waals surface area contributed by atoms with Crippen molar-refractivity contribution in [3.05, 3.63) is 57.8 Å². The summed E-state index contributed by atoms with van der Waals surface area (Å²) in [6.45, 7) is 8.11. The van der Waals surface area contributed by atoms with Crippen LogP contribution in [0.15, 0.2) is 44.6 Å². The lowest BCUT2D eigenvalue weighted by atomic mass is 10.2. The summed E-state index contributed by atoms with van der Waals surface area (Å²) in [6.07, 6.45) is 0. The van der Waals surface area contributed by atoms with E-state index in [4.69, 9.17) is 4.42 Å². The molecule has 0 aliphatic heterocycles. The average Bonchev–Trinajstić information content (AvgIpc) is 2.91. The molecule has 0 aliphatic carbocycles. The molecule has 0 bridgehead atoms. The lowest BCUT2D eigenvalue weighted by Crippen LogP contribution is -2.23. The lowest BCUT2D eigenvalue weighted by Gasteiger charge is -2.11. The fourth-order valence-corrected chi connectivity index (χ4v) is 2.73. The predicted octanol–water partition coefficient (Wildman–Crippen LogP) is 3.46. The van der Waals surface area contributed by atoms with Gasteiger partial charge in [-0.2, -0.15) is 5.10 Å². The van der Waals surface area contributed by atoms with Crippen LogP contribution in [0.3, 0.4) is 0 Å². The standard InChI is InChI=1S/C18H20N4O2/c1-5-22-17(23)14-8-6-7-9-16(14)19-18(22)21-20-12(3)15-10-11(2)24-13(15)4/h6-10H,5H2,1-4H3,(H,19,21)/b20-12-. The summed E-state index contributed by atoms with van der Waals surface area (Å²) >= 11 is 0. The first-order valence-corrected chi connectivity index (χ1v) is 7.88. The summed E-state index contributed by atoms with van der Waals surface area (Å²) in [4.78, 5) is 17.1. The number of fused-ring (bicyclic) bond motifs is 1. The largest absolute Gasteiger partial charge is 0.466 e. The summed E-state index contributed by atoms with van der Waals surface area (Å²) in [5, 5.41) is 4.98. The summed E-state index contributed by atoms with van der Waals surface area (Å²) in [5.41, 5.74) is 5.21. The lowest BCUT2D eigenvalue weighted by molar-refractivity contribution is 0.504. The van der Waals surface area contributed by atoms with Crippen molar-refractivity contribution in [3.63, 3.8) is 0 Å². The Balaban J connectivity index is 2.02. The van der Waals surface area contributed by atoms with Crippen LogP contribution in [0.25, 0.3) is 10.9 Å². The highest BCUT2D eigenvalue weighted by Crippen LogP contribution is 2.15. The number of furan rings is 1. The van der Waals surface area contributed by atoms with E-state index in [0.717, 1.165) is 22.8 Å². The number of rotatable bonds is 4. The van der Waals surface area contributed by atoms with Crippen LogP contribution in [0.1, 0.15) is 30.9 Å². The van der Waals surface area contributed by atoms with Crippen molar-refractivity contribution in [1.82, 2.24) is 9.55 Å². The van der Waals surface area contributed by atoms with E-state index in [-0.39, 0.29) is 5.56 Å². The average molecular weight is 324 g/mol. The number of hydrazone groups is 1. The Morgan fingerprint density at radius 1 is 1.33 bits per heavy atom. The molecule has 0 atom stereocenters. The van der Waals surface area contributed by atoms with Gasteiger partial charge in [0.2, 0.25) is 5.95 Å². The zero-order chi connectivity index (χ0) is 17.3. The summed E-state index contributed by atoms with van der Waals surface area (Å²) in [7, 11) is 0. The van der Waals surface area contributed by atoms with E-state index in [1.165, 1.54) is 0 Å². The molecule has 0 aliphatic rings. The second-order valence-electron chi connectivity index (χ2n) is 5.64. The third-order valence-electron chi connectivity index (χ3n) is 3.93. The first-order chi connectivity index (χ1) is 11.5. The maximum absolute atomic E-state index is 12.6. The Kier molecular flexibility index (Phi) is 4.20. The molecular formula is C18H20N4O2. The van der Waals surface area contributed by atoms with Crippen LogP contribution in [0.2, 0.25) is 0 Å². The monoisotopic (exact) mass is 324 g/mol. The van der Waals surface area contributed by atoms with Crippen LogP contribution in [-0.4, -0.2) is 15.3 Å². The van der Waals surface area contributed by atoms with Crippen molar-refractivity contribution in [3.8, 4) is 0 Å². The first-order valence-electron chi connectivity index (χ1n) is 7.88. The minimum absolute atomic E-state index is 0.0752. The van der Waals surface area contributed by atoms with E-state index in [1.54, 1.807) is 10.6 Å². The van der Waals surface area contributed by atoms with Crippen LogP contribution in [-0.2, 0) is 6.54 Å². The van der Waals surface area contributed by atoms with Gasteiger partial charge < -0.3 is 4.42 Å². The molecule has 0 spiro atoms. The van der Waals surface area contributed by atoms with E-state index in [2.05, 4.69) is 15.5 Å². The molecule has 1 aromatic carbocycles. The Morgan fingerprint density at radius 2 is 2.08 bits per heavy atom. The molecule has 0 unspecified atom stereocenters. The summed E-state index contributed by atoms with van der Waals surface area (Å²) < 4.78 is 7.11. The second kappa shape index (κ2) is 6.31. The predicted molar refractivity (Wildman–Crippen MR) is 95.7 cm³/mol. The minimum Gasteiger partial charge on any atom is -0.466 e. The molecular weight excluding hydrogens is 304 g/mol. The van der Waals surface area contributed by atoms with Gasteiger partial charge in [0.1, 0.15) is 11.5 Å². The van der Waals surface area contributed by atoms with Crippen molar-refractivity contribution in [2.24, 2.45) is 5.10 Å². The van der Waals surface area contributed by atoms with Crippen molar-refractivity contribution in [2.75, 3.05) is 5.43 Å². The number of aryl methyl sites for hydroxylation is 2. The fraction of sp³-hybridized carbons (Fsp3) is 0.278. The molecule has 2 heterocycles. The summed E-state index contributed by atoms with van der Waals surface area (Å²) in [6, 6.07) is 9.25. The van der Waals surface area contributed by atoms with Gasteiger partial charge in [0.05, 0.1) is 16.6 Å². The number of nitrogens with one attached hydrogen (secondary N) is 1. The van der Waals surface area contributed by atoms with Crippen LogP contribution in [0.5, 0.6) is 0 Å². The SMILES string of the molecule is CCn1c(N/N=C(/C)c2cc(C)oc2C)nc2ccccc2c1=O. The van der Waals surface area contributed by atoms with E-state index < -0.39 is 0 Å². The highest BCUT2D eigenvalue weighted by molar-refractivity contribution is 6.00. The van der Waals surface area contributed by atoms with Crippen molar-refractivity contribution < 1.29 is 4.42 Å². The number of anilines is 1. The third-order valence-corrected chi connectivity index (χ3v) is 3.93. The minimum atomic E-state index is -0.0752. The molecule has 3 aromatic rings. The molecule has 124 valence electrons. The molecule has 0 radical (unpaired) electrons. The number of hydrogen-bond donors (Lipinski definition) is 1. The molecule has 6 heteroatoms. The Hall–Kier alpha value is -2.89. The molecule has 0 amide bonds. The number of aromatic nitrogens is 2. The zero-order valence-corrected chi connectivity index (χ0v) is 14.3. The highest BCUT2D eigenvalue weighted by atomic mass is 16.3. The van der Waals surface area contributed by atoms with Gasteiger partial charge in [0.15, 0.2) is 0 Å². The van der Waals surface area contributed by atoms with Gasteiger partial charge in [0.25, 0.3) is 5.56 Å². The quantitative estimate of drug-likeness (QED) is 0.589. The van der Waals surface area contributed by atoms with Gasteiger partial charge in [-0.1, -0.05) is 12.1 Å². The van der Waals surface area contributed by atoms with E-state index >= 15 is 0 Å². The zero-order valence-electron chi connectivity index (χ0n) is 14.3. The second-order valence-corrected chi connectivity index (χ2v) is 5.64. The number of hydrogen-bond acceptors (Lipinski definition) is 5. The van der Waals surface area contributed by atoms with Crippen molar-refractivity contribution in [2.45, 2.75) is 34.2 Å². The van der Waals surface area contributed by atoms with Gasteiger partial charge in [-0.05, 0) is 45.9 Å². The molecule has 6 nitrogen and oxygen atoms in total. The third kappa shape index (κ3) is 2.82. The van der Waals surface area contributed by atoms with Crippen molar-refractivity contribution in [1.29, 1.82) is 0 Å². The molecule has 1 N–H and O–H groups in total. The Bertz CT molecular complexity index is 982. The molecule has 2 aromatic heterocycles. The molecule has 0 fully saturated rings. The topological polar surface area (TPSA) is 72.4 Å². The maximum atomic E-state index is 12.6. The van der Waals surface area contributed by atoms with E-state index in [9.17, 15) is 4.79 Å². The first kappa shape index (κ1) is 16.0. The molecule has 3 rings (SSSR count). The van der Waals surface area contributed by atoms with E-state index in [1.807, 2.05) is 52.0 Å². The van der Waals surface area contributed by atoms with Gasteiger partial charge >= 0.3 is 0 Å². The fourth-order valence-electron chi connectivity index (χ4n) is 2.73. The molecule has 0 saturated carbocycles. The maximum Gasteiger partial charge on any atom is 0.262 e. The van der Waals surface area contributed by atoms with Crippen molar-refractivity contribution >= 4 is 22.6 Å². The van der Waals surface area contributed by atoms with Gasteiger partial charge in [0, 0.05) is 12.1 Å².